The number of nitrogens with zero attached hydrogens (tertiary/aromatic N) is 3. The van der Waals surface area contributed by atoms with Crippen molar-refractivity contribution in [2.45, 2.75) is 6.42 Å². The van der Waals surface area contributed by atoms with Gasteiger partial charge in [-0.15, -0.1) is 0 Å². The van der Waals surface area contributed by atoms with Crippen molar-refractivity contribution in [1.82, 2.24) is 4.98 Å². The first-order valence-electron chi connectivity index (χ1n) is 4.39. The van der Waals surface area contributed by atoms with E-state index in [0.717, 1.165) is 5.56 Å². The molecule has 1 aromatic heterocycles. The van der Waals surface area contributed by atoms with Gasteiger partial charge in [0, 0.05) is 24.6 Å². The fourth-order valence-electron chi connectivity index (χ4n) is 1.15. The minimum Gasteiger partial charge on any atom is -0.290 e. The highest BCUT2D eigenvalue weighted by molar-refractivity contribution is 6.41. The Morgan fingerprint density at radius 1 is 1.62 bits per heavy atom. The van der Waals surface area contributed by atoms with Gasteiger partial charge in [0.25, 0.3) is 0 Å². The van der Waals surface area contributed by atoms with Crippen molar-refractivity contribution in [2.24, 2.45) is 4.99 Å². The van der Waals surface area contributed by atoms with Crippen LogP contribution in [0.1, 0.15) is 5.56 Å². The van der Waals surface area contributed by atoms with Gasteiger partial charge in [-0.3, -0.25) is 15.1 Å². The highest BCUT2D eigenvalue weighted by Gasteiger charge is 2.09. The first-order chi connectivity index (χ1) is 7.52. The molecule has 0 radical (unpaired) electrons. The molecular weight excluding hydrogens is 253 g/mol. The third kappa shape index (κ3) is 3.75. The number of halogens is 2. The lowest BCUT2D eigenvalue weighted by atomic mass is 10.1. The van der Waals surface area contributed by atoms with Crippen molar-refractivity contribution in [2.75, 3.05) is 13.6 Å². The molecule has 16 heavy (non-hydrogen) atoms. The van der Waals surface area contributed by atoms with Crippen LogP contribution in [0.15, 0.2) is 17.3 Å². The van der Waals surface area contributed by atoms with Crippen LogP contribution >= 0.6 is 23.2 Å². The van der Waals surface area contributed by atoms with Crippen LogP contribution in [0.25, 0.3) is 0 Å². The third-order valence-corrected chi connectivity index (χ3v) is 2.57. The molecule has 86 valence electrons. The normalized spacial score (nSPS) is 11.6. The van der Waals surface area contributed by atoms with Crippen LogP contribution in [-0.4, -0.2) is 29.2 Å². The van der Waals surface area contributed by atoms with Gasteiger partial charge in [-0.25, -0.2) is 4.98 Å². The zero-order chi connectivity index (χ0) is 12.1. The number of rotatable bonds is 4. The van der Waals surface area contributed by atoms with E-state index < -0.39 is 4.92 Å². The second-order valence-corrected chi connectivity index (χ2v) is 3.84. The molecule has 1 rings (SSSR count). The van der Waals surface area contributed by atoms with Crippen molar-refractivity contribution in [1.29, 1.82) is 0 Å². The van der Waals surface area contributed by atoms with Crippen LogP contribution in [0.2, 0.25) is 10.2 Å². The molecule has 0 aliphatic rings. The summed E-state index contributed by atoms with van der Waals surface area (Å²) in [4.78, 5) is 17.6. The van der Waals surface area contributed by atoms with Gasteiger partial charge in [0.15, 0.2) is 0 Å². The molecule has 7 heteroatoms. The third-order valence-electron chi connectivity index (χ3n) is 1.89. The Kier molecular flexibility index (Phi) is 4.64. The van der Waals surface area contributed by atoms with E-state index in [1.807, 2.05) is 0 Å². The van der Waals surface area contributed by atoms with Crippen LogP contribution in [0.4, 0.5) is 0 Å². The number of pyridine rings is 1. The van der Waals surface area contributed by atoms with Crippen molar-refractivity contribution in [3.63, 3.8) is 0 Å². The van der Waals surface area contributed by atoms with E-state index in [4.69, 9.17) is 23.2 Å². The van der Waals surface area contributed by atoms with Gasteiger partial charge >= 0.3 is 0 Å². The summed E-state index contributed by atoms with van der Waals surface area (Å²) in [5.41, 5.74) is 1.21. The summed E-state index contributed by atoms with van der Waals surface area (Å²) in [6.45, 7) is -0.281. The van der Waals surface area contributed by atoms with Crippen LogP contribution < -0.4 is 0 Å². The molecule has 0 aromatic carbocycles. The van der Waals surface area contributed by atoms with E-state index in [2.05, 4.69) is 9.98 Å². The van der Waals surface area contributed by atoms with Crippen LogP contribution in [0, 0.1) is 10.1 Å². The van der Waals surface area contributed by atoms with Gasteiger partial charge in [-0.2, -0.15) is 0 Å². The predicted molar refractivity (Wildman–Crippen MR) is 63.2 cm³/mol. The SMILES string of the molecule is CN=C(Cc1cnc(Cl)c(Cl)c1)C[N+](=O)[O-]. The van der Waals surface area contributed by atoms with Crippen LogP contribution in [0.5, 0.6) is 0 Å². The molecule has 1 aromatic rings. The van der Waals surface area contributed by atoms with Gasteiger partial charge in [-0.05, 0) is 11.6 Å². The molecule has 0 fully saturated rings. The summed E-state index contributed by atoms with van der Waals surface area (Å²) < 4.78 is 0. The molecule has 0 aliphatic carbocycles. The van der Waals surface area contributed by atoms with Crippen LogP contribution in [-0.2, 0) is 6.42 Å². The fourth-order valence-corrected chi connectivity index (χ4v) is 1.44. The van der Waals surface area contributed by atoms with E-state index in [9.17, 15) is 10.1 Å². The summed E-state index contributed by atoms with van der Waals surface area (Å²) in [7, 11) is 1.52. The summed E-state index contributed by atoms with van der Waals surface area (Å²) >= 11 is 11.4. The van der Waals surface area contributed by atoms with Crippen molar-refractivity contribution in [3.8, 4) is 0 Å². The number of aromatic nitrogens is 1. The van der Waals surface area contributed by atoms with Gasteiger partial charge in [0.2, 0.25) is 6.54 Å². The van der Waals surface area contributed by atoms with Crippen molar-refractivity contribution >= 4 is 28.9 Å². The van der Waals surface area contributed by atoms with Gasteiger partial charge in [0.1, 0.15) is 5.15 Å². The topological polar surface area (TPSA) is 68.4 Å². The number of hydrogen-bond donors (Lipinski definition) is 0. The Balaban J connectivity index is 2.79. The molecular formula is C9H9Cl2N3O2. The molecule has 0 aliphatic heterocycles. The van der Waals surface area contributed by atoms with E-state index in [1.54, 1.807) is 6.07 Å². The Morgan fingerprint density at radius 2 is 2.31 bits per heavy atom. The molecule has 1 heterocycles. The minimum absolute atomic E-state index is 0.217. The average Bonchev–Trinajstić information content (AvgIpc) is 2.22. The molecule has 0 bridgehead atoms. The van der Waals surface area contributed by atoms with Crippen molar-refractivity contribution in [3.05, 3.63) is 38.1 Å². The second kappa shape index (κ2) is 5.77. The Hall–Kier alpha value is -1.20. The van der Waals surface area contributed by atoms with Crippen LogP contribution in [0.3, 0.4) is 0 Å². The number of hydrogen-bond acceptors (Lipinski definition) is 4. The molecule has 5 nitrogen and oxygen atoms in total. The highest BCUT2D eigenvalue weighted by atomic mass is 35.5. The first kappa shape index (κ1) is 12.9. The summed E-state index contributed by atoms with van der Waals surface area (Å²) in [5, 5.41) is 10.9. The Bertz CT molecular complexity index is 435. The largest absolute Gasteiger partial charge is 0.290 e. The second-order valence-electron chi connectivity index (χ2n) is 3.07. The Labute approximate surface area is 102 Å². The summed E-state index contributed by atoms with van der Waals surface area (Å²) in [5.74, 6) is 0. The quantitative estimate of drug-likeness (QED) is 0.362. The lowest BCUT2D eigenvalue weighted by Crippen LogP contribution is -2.16. The monoisotopic (exact) mass is 261 g/mol. The summed E-state index contributed by atoms with van der Waals surface area (Å²) in [6, 6.07) is 1.63. The number of nitro groups is 1. The number of aliphatic imine (C=N–C) groups is 1. The predicted octanol–water partition coefficient (Wildman–Crippen LogP) is 2.28. The lowest BCUT2D eigenvalue weighted by molar-refractivity contribution is -0.463. The minimum atomic E-state index is -0.423. The molecule has 0 unspecified atom stereocenters. The zero-order valence-corrected chi connectivity index (χ0v) is 9.99. The highest BCUT2D eigenvalue weighted by Crippen LogP contribution is 2.20. The maximum Gasteiger partial charge on any atom is 0.241 e. The lowest BCUT2D eigenvalue weighted by Gasteiger charge is -2.02. The smallest absolute Gasteiger partial charge is 0.241 e. The molecule has 0 saturated carbocycles. The molecule has 0 N–H and O–H groups in total. The molecule has 0 spiro atoms. The van der Waals surface area contributed by atoms with Gasteiger partial charge in [0.05, 0.1) is 10.7 Å². The molecule has 0 amide bonds. The maximum absolute atomic E-state index is 10.3. The van der Waals surface area contributed by atoms with Gasteiger partial charge in [-0.1, -0.05) is 23.2 Å². The van der Waals surface area contributed by atoms with E-state index in [-0.39, 0.29) is 11.7 Å². The zero-order valence-electron chi connectivity index (χ0n) is 8.48. The fraction of sp³-hybridized carbons (Fsp3) is 0.333. The van der Waals surface area contributed by atoms with E-state index in [0.29, 0.717) is 17.2 Å². The van der Waals surface area contributed by atoms with Crippen molar-refractivity contribution < 1.29 is 4.92 Å². The Morgan fingerprint density at radius 3 is 2.81 bits per heavy atom. The molecule has 0 saturated heterocycles. The van der Waals surface area contributed by atoms with Gasteiger partial charge < -0.3 is 0 Å². The average molecular weight is 262 g/mol. The standard InChI is InChI=1S/C9H9Cl2N3O2/c1-12-7(5-14(15)16)2-6-3-8(10)9(11)13-4-6/h3-4H,2,5H2,1H3. The van der Waals surface area contributed by atoms with E-state index >= 15 is 0 Å². The summed E-state index contributed by atoms with van der Waals surface area (Å²) in [6.07, 6.45) is 1.88. The maximum atomic E-state index is 10.3. The first-order valence-corrected chi connectivity index (χ1v) is 5.14. The van der Waals surface area contributed by atoms with E-state index in [1.165, 1.54) is 13.2 Å². The molecule has 0 atom stereocenters.